The van der Waals surface area contributed by atoms with E-state index in [-0.39, 0.29) is 5.60 Å². The number of unbranched alkanes of at least 4 members (excludes halogenated alkanes) is 1. The van der Waals surface area contributed by atoms with E-state index >= 15 is 0 Å². The lowest BCUT2D eigenvalue weighted by Gasteiger charge is -2.23. The SMILES string of the molecule is CC(C)(CCCCC1CO1)O[SiH3]. The Labute approximate surface area is 78.2 Å². The molecule has 2 nitrogen and oxygen atoms in total. The average Bonchev–Trinajstić information content (AvgIpc) is 2.82. The predicted molar refractivity (Wildman–Crippen MR) is 53.3 cm³/mol. The van der Waals surface area contributed by atoms with Crippen molar-refractivity contribution in [2.45, 2.75) is 51.2 Å². The summed E-state index contributed by atoms with van der Waals surface area (Å²) in [5.41, 5.74) is 0.122. The molecule has 12 heavy (non-hydrogen) atoms. The smallest absolute Gasteiger partial charge is 0.146 e. The first-order valence-electron chi connectivity index (χ1n) is 4.81. The van der Waals surface area contributed by atoms with Gasteiger partial charge in [-0.3, -0.25) is 0 Å². The van der Waals surface area contributed by atoms with Crippen LogP contribution in [0.5, 0.6) is 0 Å². The third kappa shape index (κ3) is 4.23. The Morgan fingerprint density at radius 1 is 1.50 bits per heavy atom. The second-order valence-electron chi connectivity index (χ2n) is 4.16. The Hall–Kier alpha value is 0.137. The molecule has 1 saturated heterocycles. The van der Waals surface area contributed by atoms with Crippen LogP contribution < -0.4 is 0 Å². The first kappa shape index (κ1) is 10.2. The summed E-state index contributed by atoms with van der Waals surface area (Å²) in [5, 5.41) is 0. The fraction of sp³-hybridized carbons (Fsp3) is 1.00. The maximum atomic E-state index is 5.47. The fourth-order valence-electron chi connectivity index (χ4n) is 1.26. The van der Waals surface area contributed by atoms with Gasteiger partial charge in [0.25, 0.3) is 0 Å². The molecular weight excluding hydrogens is 168 g/mol. The van der Waals surface area contributed by atoms with E-state index in [9.17, 15) is 0 Å². The topological polar surface area (TPSA) is 21.8 Å². The van der Waals surface area contributed by atoms with Gasteiger partial charge >= 0.3 is 0 Å². The van der Waals surface area contributed by atoms with Gasteiger partial charge in [-0.25, -0.2) is 0 Å². The summed E-state index contributed by atoms with van der Waals surface area (Å²) in [7, 11) is 0.850. The predicted octanol–water partition coefficient (Wildman–Crippen LogP) is 1.02. The molecule has 0 N–H and O–H groups in total. The van der Waals surface area contributed by atoms with Crippen molar-refractivity contribution in [3.63, 3.8) is 0 Å². The van der Waals surface area contributed by atoms with Crippen LogP contribution in [0.1, 0.15) is 39.5 Å². The molecule has 0 amide bonds. The zero-order valence-electron chi connectivity index (χ0n) is 8.43. The van der Waals surface area contributed by atoms with E-state index < -0.39 is 0 Å². The van der Waals surface area contributed by atoms with Crippen molar-refractivity contribution >= 4 is 10.5 Å². The van der Waals surface area contributed by atoms with Crippen molar-refractivity contribution in [2.24, 2.45) is 0 Å². The monoisotopic (exact) mass is 188 g/mol. The second-order valence-corrected chi connectivity index (χ2v) is 4.57. The molecule has 1 aliphatic heterocycles. The molecule has 0 aliphatic carbocycles. The molecule has 1 rings (SSSR count). The molecule has 0 aromatic rings. The van der Waals surface area contributed by atoms with Crippen LogP contribution >= 0.6 is 0 Å². The van der Waals surface area contributed by atoms with Crippen LogP contribution in [0.2, 0.25) is 0 Å². The number of ether oxygens (including phenoxy) is 1. The molecule has 1 heterocycles. The number of hydrogen-bond donors (Lipinski definition) is 0. The zero-order chi connectivity index (χ0) is 9.03. The molecule has 0 radical (unpaired) electrons. The van der Waals surface area contributed by atoms with Gasteiger partial charge in [0.1, 0.15) is 10.5 Å². The maximum Gasteiger partial charge on any atom is 0.146 e. The van der Waals surface area contributed by atoms with Gasteiger partial charge in [0.05, 0.1) is 12.7 Å². The van der Waals surface area contributed by atoms with E-state index in [1.165, 1.54) is 25.7 Å². The molecule has 72 valence electrons. The van der Waals surface area contributed by atoms with Gasteiger partial charge in [-0.1, -0.05) is 12.8 Å². The van der Waals surface area contributed by atoms with E-state index in [0.29, 0.717) is 6.10 Å². The van der Waals surface area contributed by atoms with Gasteiger partial charge in [-0.05, 0) is 26.7 Å². The molecule has 1 aliphatic rings. The molecule has 1 unspecified atom stereocenters. The van der Waals surface area contributed by atoms with Crippen LogP contribution in [0.15, 0.2) is 0 Å². The molecule has 0 aromatic carbocycles. The number of epoxide rings is 1. The van der Waals surface area contributed by atoms with Crippen molar-refractivity contribution in [1.82, 2.24) is 0 Å². The fourth-order valence-corrected chi connectivity index (χ4v) is 1.46. The van der Waals surface area contributed by atoms with Crippen LogP contribution in [0, 0.1) is 0 Å². The van der Waals surface area contributed by atoms with Crippen molar-refractivity contribution in [3.05, 3.63) is 0 Å². The largest absolute Gasteiger partial charge is 0.423 e. The third-order valence-corrected chi connectivity index (χ3v) is 3.62. The highest BCUT2D eigenvalue weighted by Gasteiger charge is 2.22. The molecular formula is C9H20O2Si. The van der Waals surface area contributed by atoms with Gasteiger partial charge in [0.2, 0.25) is 0 Å². The Kier molecular flexibility index (Phi) is 3.74. The van der Waals surface area contributed by atoms with E-state index in [4.69, 9.17) is 9.16 Å². The highest BCUT2D eigenvalue weighted by atomic mass is 28.2. The summed E-state index contributed by atoms with van der Waals surface area (Å²) in [5.74, 6) is 0. The van der Waals surface area contributed by atoms with Crippen LogP contribution in [-0.4, -0.2) is 28.8 Å². The summed E-state index contributed by atoms with van der Waals surface area (Å²) in [6.07, 6.45) is 5.60. The Bertz CT molecular complexity index is 132. The summed E-state index contributed by atoms with van der Waals surface area (Å²) in [4.78, 5) is 0. The molecule has 3 heteroatoms. The Morgan fingerprint density at radius 3 is 2.67 bits per heavy atom. The normalized spacial score (nSPS) is 23.0. The number of rotatable bonds is 6. The van der Waals surface area contributed by atoms with Crippen molar-refractivity contribution in [1.29, 1.82) is 0 Å². The first-order valence-corrected chi connectivity index (χ1v) is 5.62. The third-order valence-electron chi connectivity index (χ3n) is 2.51. The molecule has 1 atom stereocenters. The van der Waals surface area contributed by atoms with Crippen LogP contribution in [0.25, 0.3) is 0 Å². The van der Waals surface area contributed by atoms with E-state index in [1.807, 2.05) is 0 Å². The minimum Gasteiger partial charge on any atom is -0.423 e. The lowest BCUT2D eigenvalue weighted by molar-refractivity contribution is 0.109. The molecule has 0 saturated carbocycles. The van der Waals surface area contributed by atoms with Crippen LogP contribution in [0.4, 0.5) is 0 Å². The van der Waals surface area contributed by atoms with Crippen molar-refractivity contribution < 1.29 is 9.16 Å². The van der Waals surface area contributed by atoms with E-state index in [1.54, 1.807) is 0 Å². The zero-order valence-corrected chi connectivity index (χ0v) is 10.4. The van der Waals surface area contributed by atoms with Crippen molar-refractivity contribution in [3.8, 4) is 0 Å². The standard InChI is InChI=1S/C9H20O2Si/c1-9(2,11-12)6-4-3-5-8-7-10-8/h8H,3-7H2,1-2,12H3. The van der Waals surface area contributed by atoms with Gasteiger partial charge in [0, 0.05) is 5.60 Å². The van der Waals surface area contributed by atoms with Gasteiger partial charge in [0.15, 0.2) is 0 Å². The molecule has 0 spiro atoms. The molecule has 1 fully saturated rings. The minimum absolute atomic E-state index is 0.122. The van der Waals surface area contributed by atoms with E-state index in [0.717, 1.165) is 17.1 Å². The minimum atomic E-state index is 0.122. The Morgan fingerprint density at radius 2 is 2.17 bits per heavy atom. The lowest BCUT2D eigenvalue weighted by Crippen LogP contribution is -2.22. The lowest BCUT2D eigenvalue weighted by atomic mass is 10.0. The van der Waals surface area contributed by atoms with Crippen molar-refractivity contribution in [2.75, 3.05) is 6.61 Å². The number of hydrogen-bond acceptors (Lipinski definition) is 2. The quantitative estimate of drug-likeness (QED) is 0.353. The van der Waals surface area contributed by atoms with E-state index in [2.05, 4.69) is 13.8 Å². The maximum absolute atomic E-state index is 5.47. The highest BCUT2D eigenvalue weighted by Crippen LogP contribution is 2.21. The molecule has 0 aromatic heterocycles. The summed E-state index contributed by atoms with van der Waals surface area (Å²) in [6, 6.07) is 0. The second kappa shape index (κ2) is 4.39. The van der Waals surface area contributed by atoms with Crippen LogP contribution in [-0.2, 0) is 9.16 Å². The summed E-state index contributed by atoms with van der Waals surface area (Å²) < 4.78 is 10.6. The van der Waals surface area contributed by atoms with Gasteiger partial charge in [-0.2, -0.15) is 0 Å². The highest BCUT2D eigenvalue weighted by molar-refractivity contribution is 5.98. The van der Waals surface area contributed by atoms with Crippen LogP contribution in [0.3, 0.4) is 0 Å². The first-order chi connectivity index (χ1) is 5.64. The van der Waals surface area contributed by atoms with Gasteiger partial charge in [-0.15, -0.1) is 0 Å². The summed E-state index contributed by atoms with van der Waals surface area (Å²) in [6.45, 7) is 5.35. The van der Waals surface area contributed by atoms with Gasteiger partial charge < -0.3 is 9.16 Å². The average molecular weight is 188 g/mol. The molecule has 0 bridgehead atoms. The Balaban J connectivity index is 1.92. The summed E-state index contributed by atoms with van der Waals surface area (Å²) >= 11 is 0.